The SMILES string of the molecule is O=S(=O)(c1ccc(I)cc1C#Cc1ccccc1)c1ccc(I)cc1C#Cc1ccccc1. The lowest BCUT2D eigenvalue weighted by atomic mass is 10.2. The van der Waals surface area contributed by atoms with Crippen LogP contribution in [0.25, 0.3) is 0 Å². The number of hydrogen-bond donors (Lipinski definition) is 0. The molecule has 5 heteroatoms. The van der Waals surface area contributed by atoms with Crippen LogP contribution in [0.4, 0.5) is 0 Å². The van der Waals surface area contributed by atoms with E-state index in [4.69, 9.17) is 0 Å². The van der Waals surface area contributed by atoms with Crippen LogP contribution in [0.5, 0.6) is 0 Å². The molecule has 0 spiro atoms. The fourth-order valence-electron chi connectivity index (χ4n) is 3.11. The number of sulfone groups is 1. The summed E-state index contributed by atoms with van der Waals surface area (Å²) in [5, 5.41) is 0. The molecule has 0 aliphatic carbocycles. The molecule has 2 nitrogen and oxygen atoms in total. The van der Waals surface area contributed by atoms with Crippen LogP contribution < -0.4 is 0 Å². The van der Waals surface area contributed by atoms with Crippen molar-refractivity contribution in [3.63, 3.8) is 0 Å². The monoisotopic (exact) mass is 670 g/mol. The zero-order valence-corrected chi connectivity index (χ0v) is 22.3. The predicted molar refractivity (Wildman–Crippen MR) is 149 cm³/mol. The fourth-order valence-corrected chi connectivity index (χ4v) is 5.62. The van der Waals surface area contributed by atoms with E-state index in [1.165, 1.54) is 0 Å². The Hall–Kier alpha value is -2.59. The molecule has 33 heavy (non-hydrogen) atoms. The molecule has 0 bridgehead atoms. The Morgan fingerprint density at radius 2 is 0.909 bits per heavy atom. The summed E-state index contributed by atoms with van der Waals surface area (Å²) in [5.41, 5.74) is 2.57. The Morgan fingerprint density at radius 3 is 1.30 bits per heavy atom. The van der Waals surface area contributed by atoms with Gasteiger partial charge in [-0.25, -0.2) is 8.42 Å². The molecule has 0 atom stereocenters. The van der Waals surface area contributed by atoms with Crippen LogP contribution in [0.2, 0.25) is 0 Å². The topological polar surface area (TPSA) is 34.1 Å². The zero-order valence-electron chi connectivity index (χ0n) is 17.2. The van der Waals surface area contributed by atoms with Gasteiger partial charge < -0.3 is 0 Å². The lowest BCUT2D eigenvalue weighted by Crippen LogP contribution is -2.07. The van der Waals surface area contributed by atoms with Crippen LogP contribution in [0, 0.1) is 30.8 Å². The molecular weight excluding hydrogens is 654 g/mol. The molecule has 160 valence electrons. The minimum absolute atomic E-state index is 0.176. The van der Waals surface area contributed by atoms with Crippen LogP contribution in [0.3, 0.4) is 0 Å². The van der Waals surface area contributed by atoms with Gasteiger partial charge in [0, 0.05) is 29.4 Å². The highest BCUT2D eigenvalue weighted by Crippen LogP contribution is 2.28. The molecule has 0 fully saturated rings. The first-order valence-corrected chi connectivity index (χ1v) is 13.6. The fraction of sp³-hybridized carbons (Fsp3) is 0. The summed E-state index contributed by atoms with van der Waals surface area (Å²) in [6, 6.07) is 29.4. The lowest BCUT2D eigenvalue weighted by molar-refractivity contribution is 0.595. The largest absolute Gasteiger partial charge is 0.218 e. The van der Waals surface area contributed by atoms with Crippen molar-refractivity contribution in [3.05, 3.63) is 126 Å². The Morgan fingerprint density at radius 1 is 0.515 bits per heavy atom. The minimum atomic E-state index is -3.85. The van der Waals surface area contributed by atoms with Gasteiger partial charge in [-0.05, 0) is 106 Å². The Labute approximate surface area is 221 Å². The van der Waals surface area contributed by atoms with E-state index >= 15 is 0 Å². The third-order valence-corrected chi connectivity index (χ3v) is 7.90. The van der Waals surface area contributed by atoms with E-state index in [9.17, 15) is 8.42 Å². The maximum Gasteiger partial charge on any atom is 0.209 e. The van der Waals surface area contributed by atoms with Crippen LogP contribution in [-0.4, -0.2) is 8.42 Å². The molecule has 0 N–H and O–H groups in total. The first kappa shape index (κ1) is 23.6. The summed E-state index contributed by atoms with van der Waals surface area (Å²) in [6.07, 6.45) is 0. The van der Waals surface area contributed by atoms with Crippen molar-refractivity contribution in [3.8, 4) is 23.7 Å². The molecule has 4 aromatic carbocycles. The summed E-state index contributed by atoms with van der Waals surface area (Å²) in [4.78, 5) is 0.352. The highest BCUT2D eigenvalue weighted by Gasteiger charge is 2.24. The molecule has 4 aromatic rings. The summed E-state index contributed by atoms with van der Waals surface area (Å²) in [5.74, 6) is 12.3. The summed E-state index contributed by atoms with van der Waals surface area (Å²) in [6.45, 7) is 0. The first-order valence-electron chi connectivity index (χ1n) is 9.92. The van der Waals surface area contributed by atoms with Gasteiger partial charge in [0.05, 0.1) is 9.79 Å². The Balaban J connectivity index is 1.84. The number of rotatable bonds is 2. The van der Waals surface area contributed by atoms with E-state index in [0.717, 1.165) is 18.3 Å². The average Bonchev–Trinajstić information content (AvgIpc) is 2.82. The second-order valence-electron chi connectivity index (χ2n) is 7.02. The van der Waals surface area contributed by atoms with Gasteiger partial charge in [0.2, 0.25) is 9.84 Å². The van der Waals surface area contributed by atoms with E-state index in [2.05, 4.69) is 68.9 Å². The van der Waals surface area contributed by atoms with Crippen LogP contribution in [-0.2, 0) is 9.84 Å². The highest BCUT2D eigenvalue weighted by atomic mass is 127. The van der Waals surface area contributed by atoms with Gasteiger partial charge in [-0.15, -0.1) is 0 Å². The average molecular weight is 670 g/mol. The normalized spacial score (nSPS) is 10.5. The summed E-state index contributed by atoms with van der Waals surface area (Å²) < 4.78 is 29.4. The predicted octanol–water partition coefficient (Wildman–Crippen LogP) is 6.53. The van der Waals surface area contributed by atoms with Crippen molar-refractivity contribution in [2.45, 2.75) is 9.79 Å². The standard InChI is InChI=1S/C28H16I2O2S/c29-25-15-17-27(23(19-25)13-11-21-7-3-1-4-8-21)33(31,32)28-18-16-26(30)20-24(28)14-12-22-9-5-2-6-10-22/h1-10,15-20H. The van der Waals surface area contributed by atoms with Crippen LogP contribution >= 0.6 is 45.2 Å². The number of benzene rings is 4. The van der Waals surface area contributed by atoms with Crippen molar-refractivity contribution in [2.75, 3.05) is 0 Å². The number of hydrogen-bond acceptors (Lipinski definition) is 2. The molecular formula is C28H16I2O2S. The highest BCUT2D eigenvalue weighted by molar-refractivity contribution is 14.1. The van der Waals surface area contributed by atoms with Gasteiger partial charge in [0.25, 0.3) is 0 Å². The molecule has 0 radical (unpaired) electrons. The molecule has 0 aromatic heterocycles. The number of halogens is 2. The molecule has 4 rings (SSSR count). The van der Waals surface area contributed by atoms with Gasteiger partial charge >= 0.3 is 0 Å². The zero-order chi connectivity index (χ0) is 23.3. The van der Waals surface area contributed by atoms with E-state index < -0.39 is 9.84 Å². The van der Waals surface area contributed by atoms with Crippen LogP contribution in [0.1, 0.15) is 22.3 Å². The lowest BCUT2D eigenvalue weighted by Gasteiger charge is -2.10. The van der Waals surface area contributed by atoms with Crippen molar-refractivity contribution >= 4 is 55.0 Å². The molecule has 0 amide bonds. The van der Waals surface area contributed by atoms with Gasteiger partial charge in [0.1, 0.15) is 0 Å². The minimum Gasteiger partial charge on any atom is -0.218 e. The van der Waals surface area contributed by atoms with Crippen LogP contribution in [0.15, 0.2) is 107 Å². The van der Waals surface area contributed by atoms with Crippen molar-refractivity contribution < 1.29 is 8.42 Å². The van der Waals surface area contributed by atoms with Crippen molar-refractivity contribution in [2.24, 2.45) is 0 Å². The van der Waals surface area contributed by atoms with Gasteiger partial charge in [0.15, 0.2) is 0 Å². The summed E-state index contributed by atoms with van der Waals surface area (Å²) >= 11 is 4.33. The van der Waals surface area contributed by atoms with E-state index in [1.807, 2.05) is 60.7 Å². The molecule has 0 saturated heterocycles. The third-order valence-electron chi connectivity index (χ3n) is 4.69. The second-order valence-corrected chi connectivity index (χ2v) is 11.4. The van der Waals surface area contributed by atoms with Crippen molar-refractivity contribution in [1.29, 1.82) is 0 Å². The quantitative estimate of drug-likeness (QED) is 0.180. The van der Waals surface area contributed by atoms with Gasteiger partial charge in [-0.2, -0.15) is 0 Å². The Bertz CT molecular complexity index is 1430. The molecule has 0 saturated carbocycles. The molecule has 0 unspecified atom stereocenters. The second kappa shape index (κ2) is 10.6. The first-order chi connectivity index (χ1) is 15.9. The molecule has 0 aliphatic heterocycles. The Kier molecular flexibility index (Phi) is 7.54. The van der Waals surface area contributed by atoms with E-state index in [0.29, 0.717) is 11.1 Å². The van der Waals surface area contributed by atoms with E-state index in [-0.39, 0.29) is 9.79 Å². The van der Waals surface area contributed by atoms with Gasteiger partial charge in [-0.1, -0.05) is 60.1 Å². The maximum atomic E-state index is 13.8. The molecule has 0 aliphatic rings. The van der Waals surface area contributed by atoms with E-state index in [1.54, 1.807) is 36.4 Å². The maximum absolute atomic E-state index is 13.8. The molecule has 0 heterocycles. The smallest absolute Gasteiger partial charge is 0.209 e. The third kappa shape index (κ3) is 5.86. The van der Waals surface area contributed by atoms with Crippen molar-refractivity contribution in [1.82, 2.24) is 0 Å². The summed E-state index contributed by atoms with van der Waals surface area (Å²) in [7, 11) is -3.85. The van der Waals surface area contributed by atoms with Gasteiger partial charge in [-0.3, -0.25) is 0 Å².